The zero-order valence-electron chi connectivity index (χ0n) is 10.8. The Morgan fingerprint density at radius 3 is 2.09 bits per heavy atom. The molecule has 0 saturated heterocycles. The van der Waals surface area contributed by atoms with Gasteiger partial charge in [0.2, 0.25) is 0 Å². The Kier molecular flexibility index (Phi) is 4.29. The molecule has 2 rings (SSSR count). The van der Waals surface area contributed by atoms with Crippen LogP contribution in [0, 0.1) is 15.2 Å². The molecule has 0 aromatic heterocycles. The first-order valence-corrected chi connectivity index (χ1v) is 8.37. The number of carbonyl (C=O) groups excluding carboxylic acids is 1. The van der Waals surface area contributed by atoms with Gasteiger partial charge in [0, 0.05) is 0 Å². The summed E-state index contributed by atoms with van der Waals surface area (Å²) in [6.07, 6.45) is -12.3. The SMILES string of the molecule is CC(=O)OI1OC(C(F)(F)F)(C(F)(F)F)c2c1ccc(F)c2F. The first-order chi connectivity index (χ1) is 10.3. The van der Waals surface area contributed by atoms with E-state index >= 15 is 0 Å². The molecule has 0 bridgehead atoms. The molecule has 0 N–H and O–H groups in total. The van der Waals surface area contributed by atoms with E-state index in [1.807, 2.05) is 0 Å². The van der Waals surface area contributed by atoms with E-state index in [1.165, 1.54) is 0 Å². The van der Waals surface area contributed by atoms with Gasteiger partial charge in [-0.3, -0.25) is 0 Å². The zero-order chi connectivity index (χ0) is 17.8. The molecular formula is C11H5F8IO3. The van der Waals surface area contributed by atoms with Crippen LogP contribution >= 0.6 is 20.6 Å². The molecule has 23 heavy (non-hydrogen) atoms. The predicted octanol–water partition coefficient (Wildman–Crippen LogP) is 4.38. The van der Waals surface area contributed by atoms with Gasteiger partial charge in [0.15, 0.2) is 0 Å². The molecule has 0 saturated carbocycles. The van der Waals surface area contributed by atoms with Crippen molar-refractivity contribution in [3.63, 3.8) is 0 Å². The van der Waals surface area contributed by atoms with Gasteiger partial charge in [-0.1, -0.05) is 0 Å². The summed E-state index contributed by atoms with van der Waals surface area (Å²) in [5.74, 6) is -5.46. The van der Waals surface area contributed by atoms with Crippen LogP contribution in [-0.2, 0) is 16.5 Å². The van der Waals surface area contributed by atoms with Crippen molar-refractivity contribution in [1.29, 1.82) is 0 Å². The predicted molar refractivity (Wildman–Crippen MR) is 65.7 cm³/mol. The van der Waals surface area contributed by atoms with Crippen LogP contribution in [0.25, 0.3) is 0 Å². The molecule has 1 aromatic rings. The van der Waals surface area contributed by atoms with Gasteiger partial charge in [0.05, 0.1) is 0 Å². The number of rotatable bonds is 1. The van der Waals surface area contributed by atoms with Crippen molar-refractivity contribution in [2.45, 2.75) is 24.9 Å². The van der Waals surface area contributed by atoms with E-state index in [1.54, 1.807) is 0 Å². The normalized spacial score (nSPS) is 18.7. The number of fused-ring (bicyclic) bond motifs is 1. The van der Waals surface area contributed by atoms with Crippen LogP contribution in [0.15, 0.2) is 12.1 Å². The number of hydrogen-bond acceptors (Lipinski definition) is 3. The van der Waals surface area contributed by atoms with Gasteiger partial charge in [-0.15, -0.1) is 0 Å². The summed E-state index contributed by atoms with van der Waals surface area (Å²) >= 11 is -4.31. The Bertz CT molecular complexity index is 640. The van der Waals surface area contributed by atoms with E-state index in [2.05, 4.69) is 6.13 Å². The summed E-state index contributed by atoms with van der Waals surface area (Å²) in [7, 11) is 0. The molecule has 1 aromatic carbocycles. The summed E-state index contributed by atoms with van der Waals surface area (Å²) in [5, 5.41) is 0. The topological polar surface area (TPSA) is 35.5 Å². The van der Waals surface area contributed by atoms with Crippen molar-refractivity contribution >= 4 is 26.6 Å². The van der Waals surface area contributed by atoms with Crippen molar-refractivity contribution in [3.05, 3.63) is 32.9 Å². The molecule has 0 amide bonds. The van der Waals surface area contributed by atoms with Crippen LogP contribution < -0.4 is 0 Å². The Morgan fingerprint density at radius 1 is 1.13 bits per heavy atom. The Labute approximate surface area is 131 Å². The Balaban J connectivity index is 2.83. The van der Waals surface area contributed by atoms with Gasteiger partial charge in [-0.25, -0.2) is 0 Å². The van der Waals surface area contributed by atoms with E-state index < -0.39 is 65.3 Å². The van der Waals surface area contributed by atoms with Crippen LogP contribution in [0.2, 0.25) is 0 Å². The van der Waals surface area contributed by atoms with Crippen LogP contribution in [0.1, 0.15) is 12.5 Å². The van der Waals surface area contributed by atoms with Crippen LogP contribution in [-0.4, -0.2) is 18.3 Å². The molecule has 0 radical (unpaired) electrons. The molecule has 1 heterocycles. The van der Waals surface area contributed by atoms with Crippen molar-refractivity contribution in [1.82, 2.24) is 0 Å². The van der Waals surface area contributed by atoms with E-state index in [4.69, 9.17) is 0 Å². The monoisotopic (exact) mass is 464 g/mol. The molecule has 12 heteroatoms. The van der Waals surface area contributed by atoms with Gasteiger partial charge in [0.1, 0.15) is 0 Å². The van der Waals surface area contributed by atoms with Gasteiger partial charge in [-0.05, 0) is 0 Å². The first-order valence-electron chi connectivity index (χ1n) is 5.53. The third-order valence-electron chi connectivity index (χ3n) is 2.73. The summed E-state index contributed by atoms with van der Waals surface area (Å²) < 4.78 is 114. The maximum atomic E-state index is 13.8. The fourth-order valence-corrected chi connectivity index (χ4v) is 5.83. The van der Waals surface area contributed by atoms with E-state index in [0.29, 0.717) is 12.1 Å². The molecule has 1 aliphatic rings. The van der Waals surface area contributed by atoms with Crippen molar-refractivity contribution in [2.24, 2.45) is 0 Å². The number of hydrogen-bond donors (Lipinski definition) is 0. The number of benzene rings is 1. The standard InChI is InChI=1S/C11H5F8IO3/c1-4(21)22-20-6-3-2-5(12)8(13)7(6)9(23-20,10(14,15)16)11(17,18)19/h2-3H,1H3. The minimum absolute atomic E-state index is 0.342. The number of carbonyl (C=O) groups is 1. The summed E-state index contributed by atoms with van der Waals surface area (Å²) in [4.78, 5) is 10.9. The third kappa shape index (κ3) is 2.64. The fourth-order valence-electron chi connectivity index (χ4n) is 1.85. The van der Waals surface area contributed by atoms with Gasteiger partial charge < -0.3 is 0 Å². The second-order valence-electron chi connectivity index (χ2n) is 4.26. The maximum absolute atomic E-state index is 13.8. The molecule has 130 valence electrons. The van der Waals surface area contributed by atoms with Crippen molar-refractivity contribution in [2.75, 3.05) is 0 Å². The quantitative estimate of drug-likeness (QED) is 0.352. The third-order valence-corrected chi connectivity index (χ3v) is 6.65. The average Bonchev–Trinajstić information content (AvgIpc) is 2.68. The molecule has 0 aliphatic carbocycles. The Hall–Kier alpha value is -1.18. The molecule has 0 unspecified atom stereocenters. The molecule has 0 spiro atoms. The van der Waals surface area contributed by atoms with Gasteiger partial charge in [-0.2, -0.15) is 0 Å². The number of alkyl halides is 6. The molecular weight excluding hydrogens is 459 g/mol. The summed E-state index contributed by atoms with van der Waals surface area (Å²) in [6, 6.07) is 0.842. The molecule has 0 fully saturated rings. The second-order valence-corrected chi connectivity index (χ2v) is 7.54. The van der Waals surface area contributed by atoms with Crippen LogP contribution in [0.3, 0.4) is 0 Å². The molecule has 0 atom stereocenters. The van der Waals surface area contributed by atoms with E-state index in [-0.39, 0.29) is 0 Å². The molecule has 1 aliphatic heterocycles. The molecule has 3 nitrogen and oxygen atoms in total. The van der Waals surface area contributed by atoms with Crippen molar-refractivity contribution < 1.29 is 46.1 Å². The summed E-state index contributed by atoms with van der Waals surface area (Å²) in [6.45, 7) is 0.738. The number of halogens is 9. The summed E-state index contributed by atoms with van der Waals surface area (Å²) in [5.41, 5.74) is -7.12. The van der Waals surface area contributed by atoms with Crippen LogP contribution in [0.5, 0.6) is 0 Å². The fraction of sp³-hybridized carbons (Fsp3) is 0.364. The van der Waals surface area contributed by atoms with E-state index in [9.17, 15) is 39.9 Å². The van der Waals surface area contributed by atoms with E-state index in [0.717, 1.165) is 6.92 Å². The van der Waals surface area contributed by atoms with Gasteiger partial charge >= 0.3 is 130 Å². The minimum atomic E-state index is -6.15. The van der Waals surface area contributed by atoms with Crippen LogP contribution in [0.4, 0.5) is 35.1 Å². The Morgan fingerprint density at radius 2 is 1.65 bits per heavy atom. The average molecular weight is 464 g/mol. The van der Waals surface area contributed by atoms with Gasteiger partial charge in [0.25, 0.3) is 0 Å². The van der Waals surface area contributed by atoms with Crippen molar-refractivity contribution in [3.8, 4) is 0 Å². The first kappa shape index (κ1) is 18.2. The zero-order valence-corrected chi connectivity index (χ0v) is 12.9. The second kappa shape index (κ2) is 5.43.